The Morgan fingerprint density at radius 2 is 2.50 bits per heavy atom. The Balaban J connectivity index is 2.68. The summed E-state index contributed by atoms with van der Waals surface area (Å²) in [6.07, 6.45) is 4.73. The van der Waals surface area contributed by atoms with E-state index in [1.165, 1.54) is 0 Å². The van der Waals surface area contributed by atoms with Gasteiger partial charge in [-0.05, 0) is 12.5 Å². The van der Waals surface area contributed by atoms with Gasteiger partial charge in [-0.2, -0.15) is 0 Å². The first kappa shape index (κ1) is 7.48. The quantitative estimate of drug-likeness (QED) is 0.587. The molecule has 0 amide bonds. The zero-order chi connectivity index (χ0) is 7.61. The molecule has 2 heteroatoms. The highest BCUT2D eigenvalue weighted by Gasteiger charge is 2.23. The first-order valence-corrected chi connectivity index (χ1v) is 3.49. The molecule has 10 heavy (non-hydrogen) atoms. The third-order valence-electron chi connectivity index (χ3n) is 1.98. The summed E-state index contributed by atoms with van der Waals surface area (Å²) in [5, 5.41) is 8.87. The molecule has 0 heterocycles. The Morgan fingerprint density at radius 3 is 2.90 bits per heavy atom. The van der Waals surface area contributed by atoms with Crippen LogP contribution in [0.15, 0.2) is 12.2 Å². The van der Waals surface area contributed by atoms with Crippen molar-refractivity contribution in [2.75, 3.05) is 6.61 Å². The number of aliphatic hydroxyl groups is 1. The molecule has 0 aromatic rings. The zero-order valence-corrected chi connectivity index (χ0v) is 6.13. The van der Waals surface area contributed by atoms with Crippen LogP contribution in [0.4, 0.5) is 0 Å². The van der Waals surface area contributed by atoms with E-state index in [0.29, 0.717) is 6.42 Å². The van der Waals surface area contributed by atoms with Gasteiger partial charge in [-0.1, -0.05) is 13.0 Å². The lowest BCUT2D eigenvalue weighted by atomic mass is 9.81. The van der Waals surface area contributed by atoms with Crippen LogP contribution < -0.4 is 0 Å². The van der Waals surface area contributed by atoms with Crippen molar-refractivity contribution in [1.29, 1.82) is 0 Å². The SMILES string of the molecule is C[C@@]1(CO)C=CC(=O)CC1. The van der Waals surface area contributed by atoms with E-state index < -0.39 is 0 Å². The second kappa shape index (κ2) is 2.54. The van der Waals surface area contributed by atoms with Crippen molar-refractivity contribution in [2.24, 2.45) is 5.41 Å². The summed E-state index contributed by atoms with van der Waals surface area (Å²) in [6, 6.07) is 0. The van der Waals surface area contributed by atoms with Crippen LogP contribution in [0.5, 0.6) is 0 Å². The minimum absolute atomic E-state index is 0.136. The Morgan fingerprint density at radius 1 is 1.80 bits per heavy atom. The minimum Gasteiger partial charge on any atom is -0.395 e. The zero-order valence-electron chi connectivity index (χ0n) is 6.13. The van der Waals surface area contributed by atoms with Gasteiger partial charge in [0.1, 0.15) is 0 Å². The Bertz CT molecular complexity index is 172. The highest BCUT2D eigenvalue weighted by molar-refractivity contribution is 5.90. The number of carbonyl (C=O) groups excluding carboxylic acids is 1. The Kier molecular flexibility index (Phi) is 1.90. The van der Waals surface area contributed by atoms with Crippen molar-refractivity contribution in [2.45, 2.75) is 19.8 Å². The molecule has 0 saturated heterocycles. The van der Waals surface area contributed by atoms with Gasteiger partial charge >= 0.3 is 0 Å². The molecule has 0 aromatic carbocycles. The predicted molar refractivity (Wildman–Crippen MR) is 38.6 cm³/mol. The number of hydrogen-bond donors (Lipinski definition) is 1. The summed E-state index contributed by atoms with van der Waals surface area (Å²) < 4.78 is 0. The van der Waals surface area contributed by atoms with E-state index >= 15 is 0 Å². The predicted octanol–water partition coefficient (Wildman–Crippen LogP) is 0.904. The molecule has 0 spiro atoms. The normalized spacial score (nSPS) is 32.8. The molecule has 0 bridgehead atoms. The van der Waals surface area contributed by atoms with Gasteiger partial charge in [-0.3, -0.25) is 4.79 Å². The molecule has 1 atom stereocenters. The van der Waals surface area contributed by atoms with Gasteiger partial charge in [0, 0.05) is 11.8 Å². The van der Waals surface area contributed by atoms with Crippen LogP contribution in [-0.2, 0) is 4.79 Å². The lowest BCUT2D eigenvalue weighted by molar-refractivity contribution is -0.115. The highest BCUT2D eigenvalue weighted by Crippen LogP contribution is 2.27. The number of rotatable bonds is 1. The van der Waals surface area contributed by atoms with E-state index in [0.717, 1.165) is 6.42 Å². The summed E-state index contributed by atoms with van der Waals surface area (Å²) in [5.74, 6) is 0.172. The fraction of sp³-hybridized carbons (Fsp3) is 0.625. The van der Waals surface area contributed by atoms with E-state index in [1.807, 2.05) is 6.92 Å². The smallest absolute Gasteiger partial charge is 0.155 e. The van der Waals surface area contributed by atoms with Crippen molar-refractivity contribution < 1.29 is 9.90 Å². The molecule has 56 valence electrons. The lowest BCUT2D eigenvalue weighted by Crippen LogP contribution is -2.23. The maximum absolute atomic E-state index is 10.7. The molecule has 0 radical (unpaired) electrons. The molecular formula is C8H12O2. The van der Waals surface area contributed by atoms with Crippen LogP contribution in [0.3, 0.4) is 0 Å². The molecule has 1 N–H and O–H groups in total. The molecule has 1 aliphatic rings. The Labute approximate surface area is 60.6 Å². The van der Waals surface area contributed by atoms with E-state index in [1.54, 1.807) is 12.2 Å². The number of ketones is 1. The van der Waals surface area contributed by atoms with Crippen molar-refractivity contribution in [3.8, 4) is 0 Å². The van der Waals surface area contributed by atoms with Crippen LogP contribution in [0.25, 0.3) is 0 Å². The van der Waals surface area contributed by atoms with Gasteiger partial charge < -0.3 is 5.11 Å². The number of allylic oxidation sites excluding steroid dienone is 1. The lowest BCUT2D eigenvalue weighted by Gasteiger charge is -2.25. The first-order chi connectivity index (χ1) is 4.66. The molecule has 1 rings (SSSR count). The third-order valence-corrected chi connectivity index (χ3v) is 1.98. The van der Waals surface area contributed by atoms with Crippen molar-refractivity contribution in [3.63, 3.8) is 0 Å². The van der Waals surface area contributed by atoms with E-state index in [2.05, 4.69) is 0 Å². The van der Waals surface area contributed by atoms with E-state index in [9.17, 15) is 4.79 Å². The van der Waals surface area contributed by atoms with Crippen LogP contribution in [-0.4, -0.2) is 17.5 Å². The summed E-state index contributed by atoms with van der Waals surface area (Å²) >= 11 is 0. The third kappa shape index (κ3) is 1.45. The molecule has 0 fully saturated rings. The molecule has 0 saturated carbocycles. The Hall–Kier alpha value is -0.630. The average Bonchev–Trinajstić information content (AvgIpc) is 1.96. The summed E-state index contributed by atoms with van der Waals surface area (Å²) in [4.78, 5) is 10.7. The minimum atomic E-state index is -0.145. The largest absolute Gasteiger partial charge is 0.395 e. The van der Waals surface area contributed by atoms with Gasteiger partial charge in [0.15, 0.2) is 5.78 Å². The summed E-state index contributed by atoms with van der Waals surface area (Å²) in [5.41, 5.74) is -0.145. The van der Waals surface area contributed by atoms with E-state index in [-0.39, 0.29) is 17.8 Å². The topological polar surface area (TPSA) is 37.3 Å². The van der Waals surface area contributed by atoms with Crippen molar-refractivity contribution in [3.05, 3.63) is 12.2 Å². The fourth-order valence-corrected chi connectivity index (χ4v) is 1.00. The molecule has 0 aromatic heterocycles. The highest BCUT2D eigenvalue weighted by atomic mass is 16.3. The van der Waals surface area contributed by atoms with Gasteiger partial charge in [0.25, 0.3) is 0 Å². The average molecular weight is 140 g/mol. The fourth-order valence-electron chi connectivity index (χ4n) is 1.00. The van der Waals surface area contributed by atoms with Gasteiger partial charge in [-0.15, -0.1) is 0 Å². The first-order valence-electron chi connectivity index (χ1n) is 3.49. The summed E-state index contributed by atoms with van der Waals surface area (Å²) in [7, 11) is 0. The molecular weight excluding hydrogens is 128 g/mol. The number of carbonyl (C=O) groups is 1. The standard InChI is InChI=1S/C8H12O2/c1-8(6-9)4-2-7(10)3-5-8/h2,4,9H,3,5-6H2,1H3/t8-/m1/s1. The maximum Gasteiger partial charge on any atom is 0.155 e. The monoisotopic (exact) mass is 140 g/mol. The molecule has 0 aliphatic heterocycles. The van der Waals surface area contributed by atoms with Gasteiger partial charge in [0.05, 0.1) is 6.61 Å². The van der Waals surface area contributed by atoms with Gasteiger partial charge in [-0.25, -0.2) is 0 Å². The maximum atomic E-state index is 10.7. The van der Waals surface area contributed by atoms with E-state index in [4.69, 9.17) is 5.11 Å². The second-order valence-electron chi connectivity index (χ2n) is 3.11. The van der Waals surface area contributed by atoms with Gasteiger partial charge in [0.2, 0.25) is 0 Å². The van der Waals surface area contributed by atoms with Crippen LogP contribution in [0, 0.1) is 5.41 Å². The van der Waals surface area contributed by atoms with Crippen molar-refractivity contribution >= 4 is 5.78 Å². The van der Waals surface area contributed by atoms with Crippen LogP contribution in [0.1, 0.15) is 19.8 Å². The van der Waals surface area contributed by atoms with Crippen LogP contribution in [0.2, 0.25) is 0 Å². The number of hydrogen-bond acceptors (Lipinski definition) is 2. The van der Waals surface area contributed by atoms with Crippen molar-refractivity contribution in [1.82, 2.24) is 0 Å². The molecule has 1 aliphatic carbocycles. The molecule has 2 nitrogen and oxygen atoms in total. The summed E-state index contributed by atoms with van der Waals surface area (Å²) in [6.45, 7) is 2.09. The second-order valence-corrected chi connectivity index (χ2v) is 3.11. The molecule has 0 unspecified atom stereocenters. The van der Waals surface area contributed by atoms with Crippen LogP contribution >= 0.6 is 0 Å². The number of aliphatic hydroxyl groups excluding tert-OH is 1.